The Bertz CT molecular complexity index is 528. The average Bonchev–Trinajstić information content (AvgIpc) is 2.48. The molecule has 0 aliphatic carbocycles. The highest BCUT2D eigenvalue weighted by Crippen LogP contribution is 2.17. The van der Waals surface area contributed by atoms with Crippen molar-refractivity contribution < 1.29 is 19.1 Å². The Morgan fingerprint density at radius 3 is 2.73 bits per heavy atom. The molecule has 1 aromatic rings. The summed E-state index contributed by atoms with van der Waals surface area (Å²) < 4.78 is 14.5. The third-order valence-corrected chi connectivity index (χ3v) is 3.45. The number of halogens is 2. The first-order valence-electron chi connectivity index (χ1n) is 6.75. The molecular weight excluding hydrogens is 357 g/mol. The fourth-order valence-corrected chi connectivity index (χ4v) is 2.24. The van der Waals surface area contributed by atoms with Crippen LogP contribution in [0.3, 0.4) is 0 Å². The number of imide groups is 1. The maximum absolute atomic E-state index is 13.7. The van der Waals surface area contributed by atoms with Gasteiger partial charge in [0, 0.05) is 43.1 Å². The molecule has 0 unspecified atom stereocenters. The summed E-state index contributed by atoms with van der Waals surface area (Å²) in [5, 5.41) is 13.5. The molecule has 1 rings (SSSR count). The van der Waals surface area contributed by atoms with Gasteiger partial charge in [0.25, 0.3) is 0 Å². The Hall–Kier alpha value is -1.51. The van der Waals surface area contributed by atoms with E-state index in [0.29, 0.717) is 18.7 Å². The molecule has 0 bridgehead atoms. The van der Waals surface area contributed by atoms with E-state index < -0.39 is 11.9 Å². The van der Waals surface area contributed by atoms with Crippen molar-refractivity contribution in [2.75, 3.05) is 26.7 Å². The van der Waals surface area contributed by atoms with E-state index in [1.807, 2.05) is 0 Å². The lowest BCUT2D eigenvalue weighted by atomic mass is 10.2. The predicted octanol–water partition coefficient (Wildman–Crippen LogP) is 1.23. The normalized spacial score (nSPS) is 10.6. The van der Waals surface area contributed by atoms with Crippen molar-refractivity contribution in [2.45, 2.75) is 13.0 Å². The minimum Gasteiger partial charge on any atom is -0.395 e. The van der Waals surface area contributed by atoms with E-state index >= 15 is 0 Å². The van der Waals surface area contributed by atoms with Gasteiger partial charge in [-0.2, -0.15) is 0 Å². The van der Waals surface area contributed by atoms with Crippen LogP contribution in [0.25, 0.3) is 0 Å². The van der Waals surface area contributed by atoms with Crippen LogP contribution < -0.4 is 10.6 Å². The van der Waals surface area contributed by atoms with Crippen molar-refractivity contribution in [1.82, 2.24) is 15.5 Å². The van der Waals surface area contributed by atoms with Gasteiger partial charge in [-0.1, -0.05) is 15.9 Å². The van der Waals surface area contributed by atoms with E-state index in [2.05, 4.69) is 26.6 Å². The van der Waals surface area contributed by atoms with E-state index in [1.54, 1.807) is 17.0 Å². The number of carbonyl (C=O) groups is 2. The molecule has 0 aromatic heterocycles. The number of nitrogens with zero attached hydrogens (tertiary/aromatic N) is 1. The molecule has 0 aliphatic heterocycles. The number of nitrogens with one attached hydrogen (secondary N) is 2. The maximum atomic E-state index is 13.7. The summed E-state index contributed by atoms with van der Waals surface area (Å²) in [4.78, 5) is 24.3. The molecule has 1 aromatic carbocycles. The number of carbonyl (C=O) groups excluding carboxylic acids is 2. The van der Waals surface area contributed by atoms with Gasteiger partial charge in [-0.25, -0.2) is 9.18 Å². The molecule has 0 saturated carbocycles. The number of aliphatic hydroxyl groups is 1. The van der Waals surface area contributed by atoms with E-state index in [9.17, 15) is 14.0 Å². The van der Waals surface area contributed by atoms with E-state index in [1.165, 1.54) is 13.1 Å². The van der Waals surface area contributed by atoms with Crippen LogP contribution in [0.4, 0.5) is 9.18 Å². The Labute approximate surface area is 136 Å². The second-order valence-electron chi connectivity index (χ2n) is 4.61. The van der Waals surface area contributed by atoms with Crippen LogP contribution in [0.1, 0.15) is 12.0 Å². The van der Waals surface area contributed by atoms with Crippen molar-refractivity contribution in [3.05, 3.63) is 34.1 Å². The van der Waals surface area contributed by atoms with Crippen LogP contribution in [0.2, 0.25) is 0 Å². The molecule has 0 spiro atoms. The first-order chi connectivity index (χ1) is 10.5. The van der Waals surface area contributed by atoms with Gasteiger partial charge >= 0.3 is 6.03 Å². The highest BCUT2D eigenvalue weighted by molar-refractivity contribution is 9.10. The van der Waals surface area contributed by atoms with Crippen molar-refractivity contribution in [1.29, 1.82) is 0 Å². The predicted molar refractivity (Wildman–Crippen MR) is 83.7 cm³/mol. The first kappa shape index (κ1) is 18.5. The standard InChI is InChI=1S/C14H19BrFN3O3/c1-17-14(22)18-13(21)4-5-19(6-7-20)9-10-8-11(15)2-3-12(10)16/h2-3,8,20H,4-7,9H2,1H3,(H2,17,18,21,22). The summed E-state index contributed by atoms with van der Waals surface area (Å²) in [5.41, 5.74) is 0.467. The number of hydrogen-bond donors (Lipinski definition) is 3. The molecule has 0 radical (unpaired) electrons. The molecular formula is C14H19BrFN3O3. The van der Waals surface area contributed by atoms with Gasteiger partial charge in [0.2, 0.25) is 5.91 Å². The first-order valence-corrected chi connectivity index (χ1v) is 7.54. The average molecular weight is 376 g/mol. The third kappa shape index (κ3) is 6.50. The minimum absolute atomic E-state index is 0.0725. The van der Waals surface area contributed by atoms with Crippen LogP contribution in [0.15, 0.2) is 22.7 Å². The summed E-state index contributed by atoms with van der Waals surface area (Å²) >= 11 is 3.28. The summed E-state index contributed by atoms with van der Waals surface area (Å²) in [6.07, 6.45) is 0.0725. The van der Waals surface area contributed by atoms with Crippen molar-refractivity contribution in [3.8, 4) is 0 Å². The largest absolute Gasteiger partial charge is 0.395 e. The Morgan fingerprint density at radius 1 is 1.36 bits per heavy atom. The number of benzene rings is 1. The van der Waals surface area contributed by atoms with Crippen molar-refractivity contribution >= 4 is 27.9 Å². The van der Waals surface area contributed by atoms with Crippen LogP contribution >= 0.6 is 15.9 Å². The zero-order valence-corrected chi connectivity index (χ0v) is 13.8. The molecule has 3 N–H and O–H groups in total. The molecule has 6 nitrogen and oxygen atoms in total. The van der Waals surface area contributed by atoms with Gasteiger partial charge in [0.05, 0.1) is 6.61 Å². The summed E-state index contributed by atoms with van der Waals surface area (Å²) in [6.45, 7) is 0.764. The SMILES string of the molecule is CNC(=O)NC(=O)CCN(CCO)Cc1cc(Br)ccc1F. The number of rotatable bonds is 7. The molecule has 8 heteroatoms. The van der Waals surface area contributed by atoms with Crippen molar-refractivity contribution in [3.63, 3.8) is 0 Å². The second-order valence-corrected chi connectivity index (χ2v) is 5.53. The molecule has 0 atom stereocenters. The molecule has 0 saturated heterocycles. The molecule has 0 fully saturated rings. The zero-order valence-electron chi connectivity index (χ0n) is 12.2. The lowest BCUT2D eigenvalue weighted by molar-refractivity contribution is -0.120. The molecule has 0 aliphatic rings. The summed E-state index contributed by atoms with van der Waals surface area (Å²) in [7, 11) is 1.41. The molecule has 3 amide bonds. The van der Waals surface area contributed by atoms with Crippen LogP contribution in [0, 0.1) is 5.82 Å². The number of aliphatic hydroxyl groups excluding tert-OH is 1. The van der Waals surface area contributed by atoms with Gasteiger partial charge in [0.1, 0.15) is 5.82 Å². The highest BCUT2D eigenvalue weighted by Gasteiger charge is 2.13. The Balaban J connectivity index is 2.60. The molecule has 0 heterocycles. The Kier molecular flexibility index (Phi) is 8.00. The fourth-order valence-electron chi connectivity index (χ4n) is 1.83. The fraction of sp³-hybridized carbons (Fsp3) is 0.429. The van der Waals surface area contributed by atoms with Crippen LogP contribution in [-0.4, -0.2) is 48.7 Å². The quantitative estimate of drug-likeness (QED) is 0.669. The molecule has 122 valence electrons. The molecule has 22 heavy (non-hydrogen) atoms. The lowest BCUT2D eigenvalue weighted by Gasteiger charge is -2.21. The third-order valence-electron chi connectivity index (χ3n) is 2.95. The van der Waals surface area contributed by atoms with Crippen LogP contribution in [-0.2, 0) is 11.3 Å². The highest BCUT2D eigenvalue weighted by atomic mass is 79.9. The zero-order chi connectivity index (χ0) is 16.5. The summed E-state index contributed by atoms with van der Waals surface area (Å²) in [6, 6.07) is 4.04. The number of hydrogen-bond acceptors (Lipinski definition) is 4. The van der Waals surface area contributed by atoms with E-state index in [-0.39, 0.29) is 25.4 Å². The smallest absolute Gasteiger partial charge is 0.321 e. The second kappa shape index (κ2) is 9.50. The van der Waals surface area contributed by atoms with Gasteiger partial charge in [-0.3, -0.25) is 15.0 Å². The monoisotopic (exact) mass is 375 g/mol. The van der Waals surface area contributed by atoms with Gasteiger partial charge < -0.3 is 10.4 Å². The minimum atomic E-state index is -0.572. The lowest BCUT2D eigenvalue weighted by Crippen LogP contribution is -2.39. The van der Waals surface area contributed by atoms with Crippen LogP contribution in [0.5, 0.6) is 0 Å². The van der Waals surface area contributed by atoms with Gasteiger partial charge in [0.15, 0.2) is 0 Å². The van der Waals surface area contributed by atoms with Crippen molar-refractivity contribution in [2.24, 2.45) is 0 Å². The topological polar surface area (TPSA) is 81.7 Å². The maximum Gasteiger partial charge on any atom is 0.321 e. The summed E-state index contributed by atoms with van der Waals surface area (Å²) in [5.74, 6) is -0.780. The van der Waals surface area contributed by atoms with E-state index in [0.717, 1.165) is 4.47 Å². The van der Waals surface area contributed by atoms with Gasteiger partial charge in [-0.15, -0.1) is 0 Å². The number of amides is 3. The van der Waals surface area contributed by atoms with Gasteiger partial charge in [-0.05, 0) is 18.2 Å². The number of urea groups is 1. The van der Waals surface area contributed by atoms with E-state index in [4.69, 9.17) is 5.11 Å². The Morgan fingerprint density at radius 2 is 2.09 bits per heavy atom.